The largest absolute Gasteiger partial charge is 0.421 e. The number of benzene rings is 1. The molecule has 0 fully saturated rings. The molecule has 17 heavy (non-hydrogen) atoms. The molecule has 0 unspecified atom stereocenters. The predicted molar refractivity (Wildman–Crippen MR) is 65.7 cm³/mol. The molecule has 1 aromatic heterocycles. The van der Waals surface area contributed by atoms with Gasteiger partial charge in [-0.3, -0.25) is 4.98 Å². The Hall–Kier alpha value is -1.58. The van der Waals surface area contributed by atoms with E-state index in [1.807, 2.05) is 0 Å². The fourth-order valence-corrected chi connectivity index (χ4v) is 1.58. The average molecular weight is 268 g/mol. The minimum Gasteiger partial charge on any atom is -0.421 e. The van der Waals surface area contributed by atoms with Gasteiger partial charge in [-0.15, -0.1) is 0 Å². The van der Waals surface area contributed by atoms with Crippen molar-refractivity contribution in [1.29, 1.82) is 0 Å². The topological polar surface area (TPSA) is 39.2 Å². The van der Waals surface area contributed by atoms with Crippen molar-refractivity contribution in [2.45, 2.75) is 0 Å². The Kier molecular flexibility index (Phi) is 3.61. The lowest BCUT2D eigenvalue weighted by molar-refractivity contribution is 0.0734. The summed E-state index contributed by atoms with van der Waals surface area (Å²) >= 11 is 11.5. The zero-order chi connectivity index (χ0) is 12.3. The van der Waals surface area contributed by atoms with Gasteiger partial charge in [0.05, 0.1) is 16.8 Å². The highest BCUT2D eigenvalue weighted by atomic mass is 35.5. The Morgan fingerprint density at radius 1 is 1.12 bits per heavy atom. The molecule has 0 bridgehead atoms. The minimum atomic E-state index is -0.503. The summed E-state index contributed by atoms with van der Waals surface area (Å²) in [5.41, 5.74) is 0.373. The molecule has 0 spiro atoms. The van der Waals surface area contributed by atoms with Gasteiger partial charge in [-0.05, 0) is 18.2 Å². The summed E-state index contributed by atoms with van der Waals surface area (Å²) in [4.78, 5) is 15.5. The maximum absolute atomic E-state index is 11.7. The third-order valence-corrected chi connectivity index (χ3v) is 2.39. The van der Waals surface area contributed by atoms with E-state index >= 15 is 0 Å². The molecular formula is C12H7Cl2NO2. The molecule has 86 valence electrons. The van der Waals surface area contributed by atoms with E-state index in [1.165, 1.54) is 24.5 Å². The van der Waals surface area contributed by atoms with Crippen LogP contribution in [0.25, 0.3) is 0 Å². The number of ether oxygens (including phenoxy) is 1. The summed E-state index contributed by atoms with van der Waals surface area (Å²) in [6.45, 7) is 0. The molecule has 1 heterocycles. The SMILES string of the molecule is O=C(Oc1cncc(Cl)c1)c1cccc(Cl)c1. The van der Waals surface area contributed by atoms with Gasteiger partial charge in [0.15, 0.2) is 5.75 Å². The summed E-state index contributed by atoms with van der Waals surface area (Å²) in [5.74, 6) is -0.209. The van der Waals surface area contributed by atoms with Crippen LogP contribution in [0.3, 0.4) is 0 Å². The lowest BCUT2D eigenvalue weighted by Gasteiger charge is -2.04. The number of hydrogen-bond acceptors (Lipinski definition) is 3. The summed E-state index contributed by atoms with van der Waals surface area (Å²) in [7, 11) is 0. The molecular weight excluding hydrogens is 261 g/mol. The molecule has 0 N–H and O–H groups in total. The van der Waals surface area contributed by atoms with Crippen molar-refractivity contribution in [3.8, 4) is 5.75 Å². The Balaban J connectivity index is 2.17. The number of hydrogen-bond donors (Lipinski definition) is 0. The quantitative estimate of drug-likeness (QED) is 0.781. The van der Waals surface area contributed by atoms with Gasteiger partial charge in [-0.2, -0.15) is 0 Å². The van der Waals surface area contributed by atoms with E-state index in [-0.39, 0.29) is 0 Å². The van der Waals surface area contributed by atoms with Crippen molar-refractivity contribution in [3.05, 3.63) is 58.3 Å². The van der Waals surface area contributed by atoms with E-state index in [2.05, 4.69) is 4.98 Å². The van der Waals surface area contributed by atoms with Crippen LogP contribution in [-0.4, -0.2) is 11.0 Å². The first-order valence-electron chi connectivity index (χ1n) is 4.73. The van der Waals surface area contributed by atoms with Crippen molar-refractivity contribution < 1.29 is 9.53 Å². The summed E-state index contributed by atoms with van der Waals surface area (Å²) in [6, 6.07) is 8.01. The Labute approximate surface area is 108 Å². The zero-order valence-electron chi connectivity index (χ0n) is 8.56. The van der Waals surface area contributed by atoms with Crippen molar-refractivity contribution in [2.24, 2.45) is 0 Å². The monoisotopic (exact) mass is 267 g/mol. The number of rotatable bonds is 2. The third kappa shape index (κ3) is 3.19. The minimum absolute atomic E-state index is 0.294. The van der Waals surface area contributed by atoms with Crippen LogP contribution in [0.1, 0.15) is 10.4 Å². The van der Waals surface area contributed by atoms with Crippen molar-refractivity contribution in [1.82, 2.24) is 4.98 Å². The highest BCUT2D eigenvalue weighted by molar-refractivity contribution is 6.31. The first-order chi connectivity index (χ1) is 8.15. The van der Waals surface area contributed by atoms with Crippen LogP contribution < -0.4 is 4.74 Å². The Morgan fingerprint density at radius 3 is 2.65 bits per heavy atom. The molecule has 0 aliphatic carbocycles. The van der Waals surface area contributed by atoms with Crippen molar-refractivity contribution >= 4 is 29.2 Å². The summed E-state index contributed by atoms with van der Waals surface area (Å²) in [5, 5.41) is 0.880. The first-order valence-corrected chi connectivity index (χ1v) is 5.49. The second-order valence-electron chi connectivity index (χ2n) is 3.24. The lowest BCUT2D eigenvalue weighted by Crippen LogP contribution is -2.08. The van der Waals surface area contributed by atoms with E-state index < -0.39 is 5.97 Å². The van der Waals surface area contributed by atoms with Gasteiger partial charge in [0.1, 0.15) is 0 Å². The van der Waals surface area contributed by atoms with Crippen molar-refractivity contribution in [2.75, 3.05) is 0 Å². The summed E-state index contributed by atoms with van der Waals surface area (Å²) in [6.07, 6.45) is 2.87. The van der Waals surface area contributed by atoms with Crippen LogP contribution in [0.2, 0.25) is 10.0 Å². The van der Waals surface area contributed by atoms with Gasteiger partial charge in [-0.1, -0.05) is 29.3 Å². The van der Waals surface area contributed by atoms with E-state index in [9.17, 15) is 4.79 Å². The van der Waals surface area contributed by atoms with Crippen LogP contribution in [0.5, 0.6) is 5.75 Å². The van der Waals surface area contributed by atoms with Crippen LogP contribution in [-0.2, 0) is 0 Å². The Bertz CT molecular complexity index is 558. The molecule has 0 aliphatic heterocycles. The lowest BCUT2D eigenvalue weighted by atomic mass is 10.2. The van der Waals surface area contributed by atoms with Gasteiger partial charge < -0.3 is 4.74 Å². The van der Waals surface area contributed by atoms with Crippen molar-refractivity contribution in [3.63, 3.8) is 0 Å². The molecule has 2 rings (SSSR count). The van der Waals surface area contributed by atoms with E-state index in [1.54, 1.807) is 18.2 Å². The predicted octanol–water partition coefficient (Wildman–Crippen LogP) is 3.61. The summed E-state index contributed by atoms with van der Waals surface area (Å²) < 4.78 is 5.09. The van der Waals surface area contributed by atoms with E-state index in [4.69, 9.17) is 27.9 Å². The van der Waals surface area contributed by atoms with Crippen LogP contribution >= 0.6 is 23.2 Å². The van der Waals surface area contributed by atoms with Gasteiger partial charge in [0.25, 0.3) is 0 Å². The second kappa shape index (κ2) is 5.17. The maximum Gasteiger partial charge on any atom is 0.343 e. The Morgan fingerprint density at radius 2 is 1.94 bits per heavy atom. The number of esters is 1. The molecule has 1 aromatic carbocycles. The number of carbonyl (C=O) groups excluding carboxylic acids is 1. The number of carbonyl (C=O) groups is 1. The maximum atomic E-state index is 11.7. The third-order valence-electron chi connectivity index (χ3n) is 1.95. The van der Waals surface area contributed by atoms with Gasteiger partial charge in [-0.25, -0.2) is 4.79 Å². The second-order valence-corrected chi connectivity index (χ2v) is 4.11. The standard InChI is InChI=1S/C12H7Cl2NO2/c13-9-3-1-2-8(4-9)12(16)17-11-5-10(14)6-15-7-11/h1-7H. The number of pyridine rings is 1. The van der Waals surface area contributed by atoms with Gasteiger partial charge >= 0.3 is 5.97 Å². The zero-order valence-corrected chi connectivity index (χ0v) is 10.1. The average Bonchev–Trinajstić information content (AvgIpc) is 2.29. The highest BCUT2D eigenvalue weighted by Gasteiger charge is 2.09. The van der Waals surface area contributed by atoms with Gasteiger partial charge in [0.2, 0.25) is 0 Å². The van der Waals surface area contributed by atoms with Gasteiger partial charge in [0, 0.05) is 17.3 Å². The molecule has 3 nitrogen and oxygen atoms in total. The number of halogens is 2. The molecule has 0 atom stereocenters. The fraction of sp³-hybridized carbons (Fsp3) is 0. The van der Waals surface area contributed by atoms with Crippen LogP contribution in [0, 0.1) is 0 Å². The molecule has 0 aliphatic rings. The molecule has 0 amide bonds. The normalized spacial score (nSPS) is 10.0. The highest BCUT2D eigenvalue weighted by Crippen LogP contribution is 2.17. The number of aromatic nitrogens is 1. The molecule has 0 saturated heterocycles. The molecule has 5 heteroatoms. The van der Waals surface area contributed by atoms with E-state index in [0.717, 1.165) is 0 Å². The van der Waals surface area contributed by atoms with E-state index in [0.29, 0.717) is 21.4 Å². The smallest absolute Gasteiger partial charge is 0.343 e. The first kappa shape index (κ1) is 11.9. The molecule has 2 aromatic rings. The number of nitrogens with zero attached hydrogens (tertiary/aromatic N) is 1. The molecule has 0 saturated carbocycles. The van der Waals surface area contributed by atoms with Crippen LogP contribution in [0.15, 0.2) is 42.7 Å². The van der Waals surface area contributed by atoms with Crippen LogP contribution in [0.4, 0.5) is 0 Å². The molecule has 0 radical (unpaired) electrons. The fourth-order valence-electron chi connectivity index (χ4n) is 1.23.